The number of benzene rings is 2. The zero-order valence-corrected chi connectivity index (χ0v) is 21.2. The van der Waals surface area contributed by atoms with Gasteiger partial charge in [0, 0.05) is 40.6 Å². The first-order valence-electron chi connectivity index (χ1n) is 11.0. The maximum atomic E-state index is 13.3. The number of nitrogens with zero attached hydrogens (tertiary/aromatic N) is 3. The number of nitrogens with one attached hydrogen (secondary N) is 1. The minimum absolute atomic E-state index is 0.0398. The summed E-state index contributed by atoms with van der Waals surface area (Å²) in [4.78, 5) is 26.0. The molecule has 0 fully saturated rings. The summed E-state index contributed by atoms with van der Waals surface area (Å²) in [5, 5.41) is 2.49. The maximum Gasteiger partial charge on any atom is 0.416 e. The molecule has 0 bridgehead atoms. The largest absolute Gasteiger partial charge is 0.497 e. The van der Waals surface area contributed by atoms with Crippen LogP contribution in [0.4, 0.5) is 18.9 Å². The SMILES string of the molecule is CCc1nccc(-c2cccnc2Oc2cc(Br)cc(C(=O)Nc3cc(OC)cc(C(F)(F)F)c3)c2)n1. The molecule has 4 rings (SSSR count). The van der Waals surface area contributed by atoms with E-state index in [0.29, 0.717) is 28.0 Å². The smallest absolute Gasteiger partial charge is 0.416 e. The summed E-state index contributed by atoms with van der Waals surface area (Å²) in [6.45, 7) is 1.95. The number of anilines is 1. The molecule has 11 heteroatoms. The predicted molar refractivity (Wildman–Crippen MR) is 135 cm³/mol. The first kappa shape index (κ1) is 26.1. The van der Waals surface area contributed by atoms with Crippen molar-refractivity contribution in [3.63, 3.8) is 0 Å². The number of rotatable bonds is 7. The lowest BCUT2D eigenvalue weighted by Gasteiger charge is -2.14. The molecule has 0 aliphatic rings. The van der Waals surface area contributed by atoms with Crippen LogP contribution in [0.1, 0.15) is 28.7 Å². The first-order chi connectivity index (χ1) is 17.7. The minimum Gasteiger partial charge on any atom is -0.497 e. The Labute approximate surface area is 218 Å². The number of pyridine rings is 1. The number of hydrogen-bond donors (Lipinski definition) is 1. The van der Waals surface area contributed by atoms with Gasteiger partial charge >= 0.3 is 6.18 Å². The third kappa shape index (κ3) is 6.42. The lowest BCUT2D eigenvalue weighted by atomic mass is 10.1. The summed E-state index contributed by atoms with van der Waals surface area (Å²) in [6.07, 6.45) is -0.728. The zero-order chi connectivity index (χ0) is 26.6. The van der Waals surface area contributed by atoms with Crippen LogP contribution < -0.4 is 14.8 Å². The van der Waals surface area contributed by atoms with Crippen LogP contribution in [-0.2, 0) is 12.6 Å². The molecule has 1 amide bonds. The predicted octanol–water partition coefficient (Wildman–Crippen LogP) is 6.94. The number of alkyl halides is 3. The van der Waals surface area contributed by atoms with Crippen molar-refractivity contribution < 1.29 is 27.4 Å². The van der Waals surface area contributed by atoms with Crippen molar-refractivity contribution in [2.45, 2.75) is 19.5 Å². The van der Waals surface area contributed by atoms with Gasteiger partial charge in [-0.15, -0.1) is 0 Å². The average molecular weight is 573 g/mol. The molecular formula is C26H20BrF3N4O3. The van der Waals surface area contributed by atoms with Crippen molar-refractivity contribution in [1.29, 1.82) is 0 Å². The Balaban J connectivity index is 1.62. The van der Waals surface area contributed by atoms with E-state index in [0.717, 1.165) is 12.1 Å². The number of aromatic nitrogens is 3. The number of ether oxygens (including phenoxy) is 2. The molecule has 0 unspecified atom stereocenters. The molecule has 0 aliphatic carbocycles. The number of amides is 1. The van der Waals surface area contributed by atoms with Gasteiger partial charge in [0.25, 0.3) is 5.91 Å². The van der Waals surface area contributed by atoms with E-state index in [1.54, 1.807) is 36.7 Å². The van der Waals surface area contributed by atoms with Crippen LogP contribution >= 0.6 is 15.9 Å². The zero-order valence-electron chi connectivity index (χ0n) is 19.6. The Morgan fingerprint density at radius 1 is 1.03 bits per heavy atom. The highest BCUT2D eigenvalue weighted by molar-refractivity contribution is 9.10. The lowest BCUT2D eigenvalue weighted by molar-refractivity contribution is -0.137. The fourth-order valence-electron chi connectivity index (χ4n) is 3.41. The minimum atomic E-state index is -4.60. The number of halogens is 4. The fraction of sp³-hybridized carbons (Fsp3) is 0.154. The van der Waals surface area contributed by atoms with Gasteiger partial charge in [-0.05, 0) is 48.5 Å². The molecular weight excluding hydrogens is 553 g/mol. The van der Waals surface area contributed by atoms with Crippen molar-refractivity contribution in [3.05, 3.63) is 88.4 Å². The van der Waals surface area contributed by atoms with Crippen molar-refractivity contribution in [3.8, 4) is 28.6 Å². The topological polar surface area (TPSA) is 86.2 Å². The summed E-state index contributed by atoms with van der Waals surface area (Å²) in [5.74, 6) is 0.528. The van der Waals surface area contributed by atoms with Crippen LogP contribution in [-0.4, -0.2) is 28.0 Å². The Hall–Kier alpha value is -3.99. The van der Waals surface area contributed by atoms with Crippen LogP contribution in [0, 0.1) is 0 Å². The molecule has 0 spiro atoms. The van der Waals surface area contributed by atoms with Gasteiger partial charge in [0.2, 0.25) is 5.88 Å². The molecule has 0 atom stereocenters. The van der Waals surface area contributed by atoms with Crippen LogP contribution in [0.3, 0.4) is 0 Å². The molecule has 0 saturated carbocycles. The van der Waals surface area contributed by atoms with Gasteiger partial charge in [-0.3, -0.25) is 4.79 Å². The van der Waals surface area contributed by atoms with Crippen molar-refractivity contribution >= 4 is 27.5 Å². The van der Waals surface area contributed by atoms with Gasteiger partial charge in [0.05, 0.1) is 23.9 Å². The second-order valence-corrected chi connectivity index (χ2v) is 8.66. The third-order valence-corrected chi connectivity index (χ3v) is 5.60. The highest BCUT2D eigenvalue weighted by atomic mass is 79.9. The van der Waals surface area contributed by atoms with Crippen molar-refractivity contribution in [2.75, 3.05) is 12.4 Å². The quantitative estimate of drug-likeness (QED) is 0.258. The van der Waals surface area contributed by atoms with E-state index in [2.05, 4.69) is 36.2 Å². The Morgan fingerprint density at radius 2 is 1.84 bits per heavy atom. The van der Waals surface area contributed by atoms with Gasteiger partial charge in [0.15, 0.2) is 0 Å². The second kappa shape index (κ2) is 11.0. The Bertz CT molecular complexity index is 1450. The third-order valence-electron chi connectivity index (χ3n) is 5.14. The second-order valence-electron chi connectivity index (χ2n) is 7.75. The molecule has 2 heterocycles. The number of aryl methyl sites for hydroxylation is 1. The van der Waals surface area contributed by atoms with Gasteiger partial charge in [0.1, 0.15) is 17.3 Å². The van der Waals surface area contributed by atoms with Gasteiger partial charge in [-0.25, -0.2) is 15.0 Å². The molecule has 190 valence electrons. The lowest BCUT2D eigenvalue weighted by Crippen LogP contribution is -2.13. The molecule has 1 N–H and O–H groups in total. The van der Waals surface area contributed by atoms with Crippen LogP contribution in [0.2, 0.25) is 0 Å². The summed E-state index contributed by atoms with van der Waals surface area (Å²) in [7, 11) is 1.25. The van der Waals surface area contributed by atoms with E-state index in [1.165, 1.54) is 25.3 Å². The fourth-order valence-corrected chi connectivity index (χ4v) is 3.88. The van der Waals surface area contributed by atoms with Crippen LogP contribution in [0.15, 0.2) is 71.5 Å². The van der Waals surface area contributed by atoms with E-state index in [9.17, 15) is 18.0 Å². The van der Waals surface area contributed by atoms with Crippen LogP contribution in [0.25, 0.3) is 11.3 Å². The van der Waals surface area contributed by atoms with Gasteiger partial charge < -0.3 is 14.8 Å². The molecule has 37 heavy (non-hydrogen) atoms. The summed E-state index contributed by atoms with van der Waals surface area (Å²) < 4.78 is 51.2. The molecule has 4 aromatic rings. The standard InChI is InChI=1S/C26H20BrF3N4O3/c1-3-23-31-8-6-22(34-23)21-5-4-7-32-25(21)37-20-10-15(9-17(27)13-20)24(35)33-18-11-16(26(28,29)30)12-19(14-18)36-2/h4-14H,3H2,1-2H3,(H,33,35). The van der Waals surface area contributed by atoms with Crippen molar-refractivity contribution in [1.82, 2.24) is 15.0 Å². The number of carbonyl (C=O) groups excluding carboxylic acids is 1. The molecule has 0 saturated heterocycles. The number of methoxy groups -OCH3 is 1. The molecule has 2 aromatic carbocycles. The summed E-state index contributed by atoms with van der Waals surface area (Å²) >= 11 is 3.35. The molecule has 7 nitrogen and oxygen atoms in total. The number of hydrogen-bond acceptors (Lipinski definition) is 6. The van der Waals surface area contributed by atoms with E-state index in [-0.39, 0.29) is 28.6 Å². The number of carbonyl (C=O) groups is 1. The summed E-state index contributed by atoms with van der Waals surface area (Å²) in [5.41, 5.74) is 0.386. The average Bonchev–Trinajstić information content (AvgIpc) is 2.88. The van der Waals surface area contributed by atoms with E-state index < -0.39 is 17.6 Å². The van der Waals surface area contributed by atoms with E-state index >= 15 is 0 Å². The first-order valence-corrected chi connectivity index (χ1v) is 11.8. The Morgan fingerprint density at radius 3 is 2.57 bits per heavy atom. The molecule has 0 aliphatic heterocycles. The highest BCUT2D eigenvalue weighted by Gasteiger charge is 2.31. The van der Waals surface area contributed by atoms with E-state index in [1.807, 2.05) is 6.92 Å². The van der Waals surface area contributed by atoms with Gasteiger partial charge in [-0.1, -0.05) is 22.9 Å². The molecule has 2 aromatic heterocycles. The maximum absolute atomic E-state index is 13.3. The highest BCUT2D eigenvalue weighted by Crippen LogP contribution is 2.35. The van der Waals surface area contributed by atoms with E-state index in [4.69, 9.17) is 9.47 Å². The van der Waals surface area contributed by atoms with Gasteiger partial charge in [-0.2, -0.15) is 13.2 Å². The van der Waals surface area contributed by atoms with Crippen molar-refractivity contribution in [2.24, 2.45) is 0 Å². The Kier molecular flexibility index (Phi) is 7.72. The summed E-state index contributed by atoms with van der Waals surface area (Å²) in [6, 6.07) is 12.9. The molecule has 0 radical (unpaired) electrons. The monoisotopic (exact) mass is 572 g/mol. The van der Waals surface area contributed by atoms with Crippen LogP contribution in [0.5, 0.6) is 17.4 Å². The normalized spacial score (nSPS) is 11.2.